The largest absolute Gasteiger partial charge is 0.481 e. The minimum atomic E-state index is -3.43. The molecule has 3 N–H and O–H groups in total. The molecule has 0 amide bonds. The van der Waals surface area contributed by atoms with Gasteiger partial charge in [0.15, 0.2) is 0 Å². The predicted octanol–water partition coefficient (Wildman–Crippen LogP) is -0.315. The second-order valence-electron chi connectivity index (χ2n) is 2.79. The lowest BCUT2D eigenvalue weighted by atomic mass is 10.3. The standard InChI is InChI=1S/C7H16N2O4S/c1-2-5-8-14(12,13)9-6-3-4-7(10)11/h8-9H,2-6H2,1H3,(H,10,11). The first-order chi connectivity index (χ1) is 6.48. The molecule has 0 aromatic carbocycles. The molecule has 0 saturated carbocycles. The van der Waals surface area contributed by atoms with Crippen LogP contribution in [0, 0.1) is 0 Å². The van der Waals surface area contributed by atoms with E-state index < -0.39 is 16.2 Å². The summed E-state index contributed by atoms with van der Waals surface area (Å²) in [6, 6.07) is 0. The molecule has 0 aromatic rings. The Hall–Kier alpha value is -0.660. The van der Waals surface area contributed by atoms with Crippen molar-refractivity contribution in [2.75, 3.05) is 13.1 Å². The van der Waals surface area contributed by atoms with Crippen LogP contribution in [0.4, 0.5) is 0 Å². The minimum absolute atomic E-state index is 0.0315. The summed E-state index contributed by atoms with van der Waals surface area (Å²) < 4.78 is 26.7. The van der Waals surface area contributed by atoms with Crippen molar-refractivity contribution in [3.05, 3.63) is 0 Å². The van der Waals surface area contributed by atoms with Gasteiger partial charge < -0.3 is 5.11 Å². The molecule has 0 spiro atoms. The summed E-state index contributed by atoms with van der Waals surface area (Å²) in [5.41, 5.74) is 0. The van der Waals surface area contributed by atoms with Crippen molar-refractivity contribution in [2.24, 2.45) is 0 Å². The Morgan fingerprint density at radius 2 is 1.86 bits per heavy atom. The van der Waals surface area contributed by atoms with E-state index in [4.69, 9.17) is 5.11 Å². The van der Waals surface area contributed by atoms with Gasteiger partial charge >= 0.3 is 5.97 Å². The van der Waals surface area contributed by atoms with Crippen molar-refractivity contribution in [1.82, 2.24) is 9.44 Å². The Balaban J connectivity index is 3.61. The van der Waals surface area contributed by atoms with Gasteiger partial charge in [-0.3, -0.25) is 4.79 Å². The number of carboxylic acids is 1. The van der Waals surface area contributed by atoms with Gasteiger partial charge in [0, 0.05) is 19.5 Å². The maximum Gasteiger partial charge on any atom is 0.303 e. The summed E-state index contributed by atoms with van der Waals surface area (Å²) in [7, 11) is -3.43. The summed E-state index contributed by atoms with van der Waals surface area (Å²) in [5.74, 6) is -0.925. The Labute approximate surface area is 83.9 Å². The molecule has 84 valence electrons. The molecule has 0 fully saturated rings. The fraction of sp³-hybridized carbons (Fsp3) is 0.857. The van der Waals surface area contributed by atoms with Crippen molar-refractivity contribution in [2.45, 2.75) is 26.2 Å². The second-order valence-corrected chi connectivity index (χ2v) is 4.37. The lowest BCUT2D eigenvalue weighted by Crippen LogP contribution is -2.37. The van der Waals surface area contributed by atoms with Crippen LogP contribution in [0.5, 0.6) is 0 Å². The quantitative estimate of drug-likeness (QED) is 0.493. The fourth-order valence-electron chi connectivity index (χ4n) is 0.734. The van der Waals surface area contributed by atoms with Gasteiger partial charge in [-0.15, -0.1) is 0 Å². The van der Waals surface area contributed by atoms with E-state index in [1.165, 1.54) is 0 Å². The lowest BCUT2D eigenvalue weighted by molar-refractivity contribution is -0.137. The van der Waals surface area contributed by atoms with E-state index in [2.05, 4.69) is 9.44 Å². The molecule has 0 aliphatic rings. The van der Waals surface area contributed by atoms with Crippen LogP contribution in [-0.4, -0.2) is 32.6 Å². The van der Waals surface area contributed by atoms with Gasteiger partial charge in [-0.2, -0.15) is 8.42 Å². The van der Waals surface area contributed by atoms with E-state index >= 15 is 0 Å². The van der Waals surface area contributed by atoms with Crippen molar-refractivity contribution in [3.8, 4) is 0 Å². The van der Waals surface area contributed by atoms with Crippen LogP contribution >= 0.6 is 0 Å². The predicted molar refractivity (Wildman–Crippen MR) is 52.1 cm³/mol. The summed E-state index contributed by atoms with van der Waals surface area (Å²) in [6.07, 6.45) is 0.981. The monoisotopic (exact) mass is 224 g/mol. The third-order valence-corrected chi connectivity index (χ3v) is 2.57. The molecule has 7 heteroatoms. The van der Waals surface area contributed by atoms with Crippen molar-refractivity contribution >= 4 is 16.2 Å². The molecule has 6 nitrogen and oxygen atoms in total. The number of hydrogen-bond acceptors (Lipinski definition) is 3. The van der Waals surface area contributed by atoms with Gasteiger partial charge in [0.05, 0.1) is 0 Å². The zero-order valence-corrected chi connectivity index (χ0v) is 8.93. The van der Waals surface area contributed by atoms with Gasteiger partial charge in [0.2, 0.25) is 0 Å². The van der Waals surface area contributed by atoms with E-state index in [9.17, 15) is 13.2 Å². The number of rotatable bonds is 8. The normalized spacial score (nSPS) is 11.5. The Morgan fingerprint density at radius 3 is 2.36 bits per heavy atom. The number of nitrogens with one attached hydrogen (secondary N) is 2. The summed E-state index contributed by atoms with van der Waals surface area (Å²) in [6.45, 7) is 2.38. The molecule has 0 aliphatic carbocycles. The highest BCUT2D eigenvalue weighted by atomic mass is 32.2. The lowest BCUT2D eigenvalue weighted by Gasteiger charge is -2.05. The van der Waals surface area contributed by atoms with Crippen LogP contribution < -0.4 is 9.44 Å². The fourth-order valence-corrected chi connectivity index (χ4v) is 1.72. The van der Waals surface area contributed by atoms with Crippen LogP contribution in [0.2, 0.25) is 0 Å². The van der Waals surface area contributed by atoms with Gasteiger partial charge in [-0.1, -0.05) is 6.92 Å². The molecule has 0 radical (unpaired) electrons. The van der Waals surface area contributed by atoms with Crippen molar-refractivity contribution < 1.29 is 18.3 Å². The van der Waals surface area contributed by atoms with Crippen LogP contribution in [0.15, 0.2) is 0 Å². The Kier molecular flexibility index (Phi) is 6.43. The molecular weight excluding hydrogens is 208 g/mol. The SMILES string of the molecule is CCCNS(=O)(=O)NCCCC(=O)O. The molecular formula is C7H16N2O4S. The second kappa shape index (κ2) is 6.74. The third-order valence-electron chi connectivity index (χ3n) is 1.40. The number of carbonyl (C=O) groups is 1. The van der Waals surface area contributed by atoms with E-state index in [-0.39, 0.29) is 13.0 Å². The van der Waals surface area contributed by atoms with Crippen LogP contribution in [0.1, 0.15) is 26.2 Å². The number of carboxylic acid groups (broad SMARTS) is 1. The molecule has 0 aliphatic heterocycles. The van der Waals surface area contributed by atoms with Gasteiger partial charge in [-0.25, -0.2) is 9.44 Å². The maximum atomic E-state index is 11.1. The molecule has 0 saturated heterocycles. The van der Waals surface area contributed by atoms with Crippen molar-refractivity contribution in [1.29, 1.82) is 0 Å². The van der Waals surface area contributed by atoms with Gasteiger partial charge in [-0.05, 0) is 12.8 Å². The summed E-state index contributed by atoms with van der Waals surface area (Å²) in [4.78, 5) is 10.1. The summed E-state index contributed by atoms with van der Waals surface area (Å²) in [5, 5.41) is 8.29. The zero-order chi connectivity index (χ0) is 11.0. The average molecular weight is 224 g/mol. The van der Waals surface area contributed by atoms with Crippen LogP contribution in [0.25, 0.3) is 0 Å². The van der Waals surface area contributed by atoms with E-state index in [1.54, 1.807) is 0 Å². The maximum absolute atomic E-state index is 11.1. The Morgan fingerprint density at radius 1 is 1.29 bits per heavy atom. The average Bonchev–Trinajstić information content (AvgIpc) is 2.09. The smallest absolute Gasteiger partial charge is 0.303 e. The highest BCUT2D eigenvalue weighted by molar-refractivity contribution is 7.87. The first kappa shape index (κ1) is 13.3. The molecule has 0 atom stereocenters. The highest BCUT2D eigenvalue weighted by Gasteiger charge is 2.06. The minimum Gasteiger partial charge on any atom is -0.481 e. The molecule has 14 heavy (non-hydrogen) atoms. The van der Waals surface area contributed by atoms with Crippen LogP contribution in [0.3, 0.4) is 0 Å². The Bertz CT molecular complexity index is 263. The van der Waals surface area contributed by atoms with E-state index in [1.807, 2.05) is 6.92 Å². The highest BCUT2D eigenvalue weighted by Crippen LogP contribution is 1.87. The van der Waals surface area contributed by atoms with Gasteiger partial charge in [0.25, 0.3) is 10.2 Å². The topological polar surface area (TPSA) is 95.5 Å². The molecule has 0 heterocycles. The molecule has 0 rings (SSSR count). The molecule has 0 aromatic heterocycles. The van der Waals surface area contributed by atoms with Crippen LogP contribution in [-0.2, 0) is 15.0 Å². The summed E-state index contributed by atoms with van der Waals surface area (Å²) >= 11 is 0. The first-order valence-corrected chi connectivity index (χ1v) is 5.92. The third kappa shape index (κ3) is 7.96. The van der Waals surface area contributed by atoms with E-state index in [0.29, 0.717) is 13.0 Å². The zero-order valence-electron chi connectivity index (χ0n) is 8.12. The molecule has 0 unspecified atom stereocenters. The van der Waals surface area contributed by atoms with Gasteiger partial charge in [0.1, 0.15) is 0 Å². The van der Waals surface area contributed by atoms with Crippen molar-refractivity contribution in [3.63, 3.8) is 0 Å². The number of hydrogen-bond donors (Lipinski definition) is 3. The first-order valence-electron chi connectivity index (χ1n) is 4.44. The molecule has 0 bridgehead atoms. The van der Waals surface area contributed by atoms with E-state index in [0.717, 1.165) is 6.42 Å². The number of aliphatic carboxylic acids is 1.